The molecule has 0 spiro atoms. The number of hydrogen-bond donors (Lipinski definition) is 2. The summed E-state index contributed by atoms with van der Waals surface area (Å²) in [6.45, 7) is 3.46. The van der Waals surface area contributed by atoms with Crippen LogP contribution in [0.2, 0.25) is 5.02 Å². The van der Waals surface area contributed by atoms with Gasteiger partial charge in [-0.15, -0.1) is 0 Å². The van der Waals surface area contributed by atoms with Crippen molar-refractivity contribution in [1.82, 2.24) is 10.2 Å². The third kappa shape index (κ3) is 3.15. The molecule has 0 unspecified atom stereocenters. The number of nitrogens with one attached hydrogen (secondary N) is 1. The first-order valence-corrected chi connectivity index (χ1v) is 7.72. The minimum absolute atomic E-state index is 0.102. The number of anilines is 1. The monoisotopic (exact) mass is 309 g/mol. The first kappa shape index (κ1) is 14.6. The highest BCUT2D eigenvalue weighted by atomic mass is 35.5. The van der Waals surface area contributed by atoms with Gasteiger partial charge in [-0.05, 0) is 18.6 Å². The van der Waals surface area contributed by atoms with Gasteiger partial charge >= 0.3 is 0 Å². The molecule has 2 heterocycles. The molecule has 0 saturated carbocycles. The molecular formula is C15H20ClN3O2. The maximum Gasteiger partial charge on any atom is 0.239 e. The predicted molar refractivity (Wildman–Crippen MR) is 82.7 cm³/mol. The number of aliphatic hydroxyl groups is 1. The van der Waals surface area contributed by atoms with Crippen LogP contribution in [0, 0.1) is 0 Å². The molecule has 5 nitrogen and oxygen atoms in total. The second-order valence-corrected chi connectivity index (χ2v) is 6.02. The number of carbonyl (C=O) groups is 1. The number of aliphatic hydroxyl groups excluding tert-OH is 1. The number of piperazine rings is 1. The van der Waals surface area contributed by atoms with Gasteiger partial charge in [0.1, 0.15) is 0 Å². The van der Waals surface area contributed by atoms with E-state index in [0.717, 1.165) is 23.8 Å². The fourth-order valence-electron chi connectivity index (χ4n) is 3.00. The lowest BCUT2D eigenvalue weighted by atomic mass is 10.1. The highest BCUT2D eigenvalue weighted by Crippen LogP contribution is 2.26. The van der Waals surface area contributed by atoms with Gasteiger partial charge in [-0.1, -0.05) is 23.7 Å². The first-order chi connectivity index (χ1) is 10.1. The topological polar surface area (TPSA) is 55.8 Å². The Hall–Kier alpha value is -1.30. The van der Waals surface area contributed by atoms with Crippen molar-refractivity contribution in [1.29, 1.82) is 0 Å². The molecule has 2 fully saturated rings. The standard InChI is InChI=1S/C15H20ClN3O2/c16-12-3-1-2-4-14(12)18-5-7-19(8-6-18)15(21)13-9-11(20)10-17-13/h1-4,11,13,17,20H,5-10H2/t11-,13-/m0/s1. The molecule has 1 aromatic rings. The summed E-state index contributed by atoms with van der Waals surface area (Å²) in [6, 6.07) is 7.56. The molecule has 0 bridgehead atoms. The van der Waals surface area contributed by atoms with E-state index in [1.807, 2.05) is 29.2 Å². The van der Waals surface area contributed by atoms with E-state index in [1.54, 1.807) is 0 Å². The molecule has 2 aliphatic rings. The lowest BCUT2D eigenvalue weighted by molar-refractivity contribution is -0.133. The smallest absolute Gasteiger partial charge is 0.239 e. The SMILES string of the molecule is O=C([C@@H]1C[C@H](O)CN1)N1CCN(c2ccccc2Cl)CC1. The molecule has 2 saturated heterocycles. The number of hydrogen-bond acceptors (Lipinski definition) is 4. The molecule has 3 rings (SSSR count). The molecule has 1 aromatic carbocycles. The Balaban J connectivity index is 1.58. The average Bonchev–Trinajstić information content (AvgIpc) is 2.94. The van der Waals surface area contributed by atoms with E-state index >= 15 is 0 Å². The normalized spacial score (nSPS) is 26.2. The zero-order valence-electron chi connectivity index (χ0n) is 11.8. The predicted octanol–water partition coefficient (Wildman–Crippen LogP) is 0.711. The number of benzene rings is 1. The van der Waals surface area contributed by atoms with Gasteiger partial charge in [-0.2, -0.15) is 0 Å². The van der Waals surface area contributed by atoms with Crippen LogP contribution in [-0.2, 0) is 4.79 Å². The fourth-order valence-corrected chi connectivity index (χ4v) is 3.26. The Bertz CT molecular complexity index is 517. The third-order valence-electron chi connectivity index (χ3n) is 4.19. The van der Waals surface area contributed by atoms with Crippen LogP contribution in [0.5, 0.6) is 0 Å². The summed E-state index contributed by atoms with van der Waals surface area (Å²) in [5, 5.41) is 13.3. The molecule has 6 heteroatoms. The van der Waals surface area contributed by atoms with E-state index in [1.165, 1.54) is 0 Å². The molecule has 2 N–H and O–H groups in total. The molecule has 2 aliphatic heterocycles. The summed E-state index contributed by atoms with van der Waals surface area (Å²) in [6.07, 6.45) is 0.118. The van der Waals surface area contributed by atoms with Crippen LogP contribution in [0.1, 0.15) is 6.42 Å². The quantitative estimate of drug-likeness (QED) is 0.845. The van der Waals surface area contributed by atoms with Crippen molar-refractivity contribution in [3.63, 3.8) is 0 Å². The zero-order chi connectivity index (χ0) is 14.8. The molecule has 114 valence electrons. The third-order valence-corrected chi connectivity index (χ3v) is 4.51. The van der Waals surface area contributed by atoms with Crippen molar-refractivity contribution >= 4 is 23.2 Å². The van der Waals surface area contributed by atoms with Crippen LogP contribution in [0.3, 0.4) is 0 Å². The number of nitrogens with zero attached hydrogens (tertiary/aromatic N) is 2. The summed E-state index contributed by atoms with van der Waals surface area (Å²) in [5.74, 6) is 0.102. The Morgan fingerprint density at radius 2 is 1.95 bits per heavy atom. The highest BCUT2D eigenvalue weighted by molar-refractivity contribution is 6.33. The van der Waals surface area contributed by atoms with E-state index in [0.29, 0.717) is 26.1 Å². The largest absolute Gasteiger partial charge is 0.392 e. The number of rotatable bonds is 2. The van der Waals surface area contributed by atoms with Crippen LogP contribution in [0.15, 0.2) is 24.3 Å². The Labute approximate surface area is 129 Å². The van der Waals surface area contributed by atoms with Crippen molar-refractivity contribution in [2.45, 2.75) is 18.6 Å². The van der Waals surface area contributed by atoms with E-state index in [-0.39, 0.29) is 11.9 Å². The Morgan fingerprint density at radius 1 is 1.24 bits per heavy atom. The van der Waals surface area contributed by atoms with Crippen molar-refractivity contribution in [2.75, 3.05) is 37.6 Å². The van der Waals surface area contributed by atoms with E-state index in [4.69, 9.17) is 11.6 Å². The van der Waals surface area contributed by atoms with Gasteiger partial charge in [0.2, 0.25) is 5.91 Å². The minimum atomic E-state index is -0.400. The van der Waals surface area contributed by atoms with Gasteiger partial charge in [0.15, 0.2) is 0 Å². The Morgan fingerprint density at radius 3 is 2.57 bits per heavy atom. The summed E-state index contributed by atoms with van der Waals surface area (Å²) < 4.78 is 0. The average molecular weight is 310 g/mol. The van der Waals surface area contributed by atoms with Crippen LogP contribution in [0.4, 0.5) is 5.69 Å². The van der Waals surface area contributed by atoms with Crippen molar-refractivity contribution in [3.8, 4) is 0 Å². The van der Waals surface area contributed by atoms with Crippen LogP contribution < -0.4 is 10.2 Å². The maximum atomic E-state index is 12.4. The fraction of sp³-hybridized carbons (Fsp3) is 0.533. The maximum absolute atomic E-state index is 12.4. The Kier molecular flexibility index (Phi) is 4.33. The van der Waals surface area contributed by atoms with Gasteiger partial charge in [-0.25, -0.2) is 0 Å². The van der Waals surface area contributed by atoms with Crippen LogP contribution in [0.25, 0.3) is 0 Å². The molecule has 0 aromatic heterocycles. The number of carbonyl (C=O) groups excluding carboxylic acids is 1. The lowest BCUT2D eigenvalue weighted by Crippen LogP contribution is -2.53. The van der Waals surface area contributed by atoms with Gasteiger partial charge in [0.05, 0.1) is 22.9 Å². The van der Waals surface area contributed by atoms with E-state index in [9.17, 15) is 9.90 Å². The summed E-state index contributed by atoms with van der Waals surface area (Å²) in [4.78, 5) is 16.5. The minimum Gasteiger partial charge on any atom is -0.392 e. The molecule has 1 amide bonds. The lowest BCUT2D eigenvalue weighted by Gasteiger charge is -2.37. The van der Waals surface area contributed by atoms with Crippen molar-refractivity contribution in [2.24, 2.45) is 0 Å². The first-order valence-electron chi connectivity index (χ1n) is 7.35. The van der Waals surface area contributed by atoms with Gasteiger partial charge in [-0.3, -0.25) is 4.79 Å². The molecule has 21 heavy (non-hydrogen) atoms. The summed E-state index contributed by atoms with van der Waals surface area (Å²) in [7, 11) is 0. The number of β-amino-alcohol motifs (C(OH)–C–C–N with tert-alkyl or cyclic N) is 1. The molecule has 0 radical (unpaired) electrons. The molecule has 2 atom stereocenters. The number of para-hydroxylation sites is 1. The summed E-state index contributed by atoms with van der Waals surface area (Å²) in [5.41, 5.74) is 1.03. The zero-order valence-corrected chi connectivity index (χ0v) is 12.6. The van der Waals surface area contributed by atoms with Gasteiger partial charge < -0.3 is 20.2 Å². The van der Waals surface area contributed by atoms with Crippen molar-refractivity contribution < 1.29 is 9.90 Å². The van der Waals surface area contributed by atoms with Gasteiger partial charge in [0, 0.05) is 32.7 Å². The number of amides is 1. The highest BCUT2D eigenvalue weighted by Gasteiger charge is 2.32. The van der Waals surface area contributed by atoms with E-state index in [2.05, 4.69) is 10.2 Å². The van der Waals surface area contributed by atoms with E-state index < -0.39 is 6.10 Å². The number of halogens is 1. The van der Waals surface area contributed by atoms with Crippen LogP contribution in [-0.4, -0.2) is 60.8 Å². The van der Waals surface area contributed by atoms with Crippen LogP contribution >= 0.6 is 11.6 Å². The second kappa shape index (κ2) is 6.22. The second-order valence-electron chi connectivity index (χ2n) is 5.61. The molecule has 0 aliphatic carbocycles. The van der Waals surface area contributed by atoms with Crippen molar-refractivity contribution in [3.05, 3.63) is 29.3 Å². The summed E-state index contributed by atoms with van der Waals surface area (Å²) >= 11 is 6.22. The van der Waals surface area contributed by atoms with Gasteiger partial charge in [0.25, 0.3) is 0 Å². The molecular weight excluding hydrogens is 290 g/mol.